The van der Waals surface area contributed by atoms with Gasteiger partial charge in [0.2, 0.25) is 5.91 Å². The van der Waals surface area contributed by atoms with E-state index < -0.39 is 17.4 Å². The number of hydrogen-bond acceptors (Lipinski definition) is 3. The molecule has 0 aliphatic heterocycles. The number of carboxylic acids is 1. The highest BCUT2D eigenvalue weighted by molar-refractivity contribution is 9.10. The Labute approximate surface area is 131 Å². The lowest BCUT2D eigenvalue weighted by molar-refractivity contribution is -0.151. The minimum absolute atomic E-state index is 0.0844. The van der Waals surface area contributed by atoms with Gasteiger partial charge in [-0.2, -0.15) is 0 Å². The van der Waals surface area contributed by atoms with Crippen LogP contribution in [0.3, 0.4) is 0 Å². The molecule has 6 heteroatoms. The molecule has 21 heavy (non-hydrogen) atoms. The third-order valence-electron chi connectivity index (χ3n) is 4.02. The van der Waals surface area contributed by atoms with Gasteiger partial charge in [-0.3, -0.25) is 4.79 Å². The summed E-state index contributed by atoms with van der Waals surface area (Å²) >= 11 is 3.18. The van der Waals surface area contributed by atoms with E-state index in [1.165, 1.54) is 12.2 Å². The van der Waals surface area contributed by atoms with Gasteiger partial charge in [0.1, 0.15) is 11.3 Å². The van der Waals surface area contributed by atoms with E-state index in [4.69, 9.17) is 4.42 Å². The molecular weight excluding hydrogens is 338 g/mol. The van der Waals surface area contributed by atoms with Crippen LogP contribution in [0, 0.1) is 5.92 Å². The van der Waals surface area contributed by atoms with Crippen molar-refractivity contribution in [2.45, 2.75) is 38.1 Å². The van der Waals surface area contributed by atoms with E-state index in [9.17, 15) is 14.7 Å². The second kappa shape index (κ2) is 6.47. The van der Waals surface area contributed by atoms with Crippen LogP contribution >= 0.6 is 15.9 Å². The van der Waals surface area contributed by atoms with Crippen LogP contribution in [-0.2, 0) is 9.59 Å². The molecule has 1 heterocycles. The van der Waals surface area contributed by atoms with E-state index in [2.05, 4.69) is 21.2 Å². The molecular formula is C15H18BrNO4. The molecule has 5 nitrogen and oxygen atoms in total. The highest BCUT2D eigenvalue weighted by Crippen LogP contribution is 2.34. The average Bonchev–Trinajstić information content (AvgIpc) is 2.85. The van der Waals surface area contributed by atoms with E-state index in [-0.39, 0.29) is 5.92 Å². The molecule has 0 spiro atoms. The number of rotatable bonds is 4. The van der Waals surface area contributed by atoms with Crippen molar-refractivity contribution >= 4 is 33.9 Å². The zero-order chi connectivity index (χ0) is 15.5. The second-order valence-electron chi connectivity index (χ2n) is 5.39. The number of aliphatic carboxylic acids is 1. The zero-order valence-electron chi connectivity index (χ0n) is 11.8. The fourth-order valence-electron chi connectivity index (χ4n) is 2.74. The van der Waals surface area contributed by atoms with Gasteiger partial charge in [-0.1, -0.05) is 19.8 Å². The Balaban J connectivity index is 2.08. The van der Waals surface area contributed by atoms with E-state index >= 15 is 0 Å². The van der Waals surface area contributed by atoms with Crippen LogP contribution in [0.1, 0.15) is 38.4 Å². The first-order valence-electron chi connectivity index (χ1n) is 6.93. The molecule has 2 atom stereocenters. The molecule has 1 aromatic heterocycles. The third kappa shape index (κ3) is 3.56. The van der Waals surface area contributed by atoms with Gasteiger partial charge in [-0.25, -0.2) is 4.79 Å². The van der Waals surface area contributed by atoms with Gasteiger partial charge < -0.3 is 14.8 Å². The Morgan fingerprint density at radius 3 is 2.81 bits per heavy atom. The maximum atomic E-state index is 12.0. The highest BCUT2D eigenvalue weighted by Gasteiger charge is 2.45. The van der Waals surface area contributed by atoms with E-state index in [1.807, 2.05) is 6.92 Å². The van der Waals surface area contributed by atoms with Crippen LogP contribution in [-0.4, -0.2) is 22.5 Å². The van der Waals surface area contributed by atoms with Crippen LogP contribution in [0.4, 0.5) is 0 Å². The highest BCUT2D eigenvalue weighted by atomic mass is 79.9. The lowest BCUT2D eigenvalue weighted by Gasteiger charge is -2.39. The first-order chi connectivity index (χ1) is 9.94. The molecule has 2 N–H and O–H groups in total. The van der Waals surface area contributed by atoms with Crippen LogP contribution < -0.4 is 5.32 Å². The van der Waals surface area contributed by atoms with Crippen molar-refractivity contribution in [3.63, 3.8) is 0 Å². The van der Waals surface area contributed by atoms with Gasteiger partial charge in [0.05, 0.1) is 0 Å². The van der Waals surface area contributed by atoms with E-state index in [0.29, 0.717) is 16.9 Å². The first-order valence-corrected chi connectivity index (χ1v) is 7.72. The summed E-state index contributed by atoms with van der Waals surface area (Å²) in [6, 6.07) is 3.43. The minimum atomic E-state index is -1.16. The molecule has 0 bridgehead atoms. The van der Waals surface area contributed by atoms with Crippen molar-refractivity contribution in [3.05, 3.63) is 28.6 Å². The molecule has 1 aromatic rings. The summed E-state index contributed by atoms with van der Waals surface area (Å²) in [4.78, 5) is 23.7. The normalized spacial score (nSPS) is 25.9. The summed E-state index contributed by atoms with van der Waals surface area (Å²) in [6.45, 7) is 1.88. The Morgan fingerprint density at radius 1 is 1.48 bits per heavy atom. The molecule has 2 rings (SSSR count). The van der Waals surface area contributed by atoms with Gasteiger partial charge >= 0.3 is 5.97 Å². The maximum Gasteiger partial charge on any atom is 0.329 e. The summed E-state index contributed by atoms with van der Waals surface area (Å²) < 4.78 is 5.83. The van der Waals surface area contributed by atoms with Gasteiger partial charge in [0, 0.05) is 6.08 Å². The van der Waals surface area contributed by atoms with Crippen LogP contribution in [0.15, 0.2) is 27.3 Å². The van der Waals surface area contributed by atoms with Crippen molar-refractivity contribution in [1.29, 1.82) is 0 Å². The summed E-state index contributed by atoms with van der Waals surface area (Å²) in [6.07, 6.45) is 5.91. The number of halogens is 1. The summed E-state index contributed by atoms with van der Waals surface area (Å²) in [5.74, 6) is -0.937. The average molecular weight is 356 g/mol. The predicted molar refractivity (Wildman–Crippen MR) is 81.6 cm³/mol. The standard InChI is InChI=1S/C15H18BrNO4/c1-10-4-2-3-9-15(10,14(19)20)17-13(18)8-6-11-5-7-12(16)21-11/h5-8,10H,2-4,9H2,1H3,(H,17,18)(H,19,20)/b8-6+. The number of carboxylic acid groups (broad SMARTS) is 1. The van der Waals surface area contributed by atoms with Crippen molar-refractivity contribution in [3.8, 4) is 0 Å². The second-order valence-corrected chi connectivity index (χ2v) is 6.17. The van der Waals surface area contributed by atoms with Gasteiger partial charge in [0.15, 0.2) is 4.67 Å². The van der Waals surface area contributed by atoms with Gasteiger partial charge in [-0.15, -0.1) is 0 Å². The van der Waals surface area contributed by atoms with Crippen LogP contribution in [0.25, 0.3) is 6.08 Å². The lowest BCUT2D eigenvalue weighted by Crippen LogP contribution is -2.59. The largest absolute Gasteiger partial charge is 0.479 e. The van der Waals surface area contributed by atoms with Gasteiger partial charge in [0.25, 0.3) is 0 Å². The summed E-state index contributed by atoms with van der Waals surface area (Å²) in [5, 5.41) is 12.2. The number of hydrogen-bond donors (Lipinski definition) is 2. The van der Waals surface area contributed by atoms with Crippen molar-refractivity contribution in [2.75, 3.05) is 0 Å². The van der Waals surface area contributed by atoms with Crippen molar-refractivity contribution in [1.82, 2.24) is 5.32 Å². The smallest absolute Gasteiger partial charge is 0.329 e. The maximum absolute atomic E-state index is 12.0. The quantitative estimate of drug-likeness (QED) is 0.812. The van der Waals surface area contributed by atoms with Crippen LogP contribution in [0.2, 0.25) is 0 Å². The number of nitrogens with one attached hydrogen (secondary N) is 1. The molecule has 2 unspecified atom stereocenters. The molecule has 1 aliphatic rings. The first kappa shape index (κ1) is 15.8. The summed E-state index contributed by atoms with van der Waals surface area (Å²) in [5.41, 5.74) is -1.16. The Kier molecular flexibility index (Phi) is 4.88. The zero-order valence-corrected chi connectivity index (χ0v) is 13.4. The Bertz CT molecular complexity index is 566. The summed E-state index contributed by atoms with van der Waals surface area (Å²) in [7, 11) is 0. The molecule has 0 radical (unpaired) electrons. The number of carbonyl (C=O) groups excluding carboxylic acids is 1. The minimum Gasteiger partial charge on any atom is -0.479 e. The fraction of sp³-hybridized carbons (Fsp3) is 0.467. The molecule has 1 amide bonds. The number of carbonyl (C=O) groups is 2. The molecule has 0 saturated heterocycles. The van der Waals surface area contributed by atoms with Crippen molar-refractivity contribution < 1.29 is 19.1 Å². The van der Waals surface area contributed by atoms with Gasteiger partial charge in [-0.05, 0) is 52.9 Å². The predicted octanol–water partition coefficient (Wildman–Crippen LogP) is 3.21. The molecule has 1 saturated carbocycles. The SMILES string of the molecule is CC1CCCCC1(NC(=O)/C=C/c1ccc(Br)o1)C(=O)O. The lowest BCUT2D eigenvalue weighted by atomic mass is 9.73. The number of furan rings is 1. The monoisotopic (exact) mass is 355 g/mol. The molecule has 114 valence electrons. The van der Waals surface area contributed by atoms with Crippen molar-refractivity contribution in [2.24, 2.45) is 5.92 Å². The third-order valence-corrected chi connectivity index (χ3v) is 4.45. The van der Waals surface area contributed by atoms with Crippen LogP contribution in [0.5, 0.6) is 0 Å². The van der Waals surface area contributed by atoms with E-state index in [0.717, 1.165) is 19.3 Å². The van der Waals surface area contributed by atoms with E-state index in [1.54, 1.807) is 12.1 Å². The Morgan fingerprint density at radius 2 is 2.24 bits per heavy atom. The Hall–Kier alpha value is -1.56. The molecule has 1 aliphatic carbocycles. The fourth-order valence-corrected chi connectivity index (χ4v) is 3.06. The topological polar surface area (TPSA) is 79.5 Å². The molecule has 1 fully saturated rings. The number of amides is 1. The molecule has 0 aromatic carbocycles.